The normalized spacial score (nSPS) is 13.4. The van der Waals surface area contributed by atoms with Crippen LogP contribution in [0.5, 0.6) is 5.75 Å². The van der Waals surface area contributed by atoms with Crippen LogP contribution < -0.4 is 9.46 Å². The van der Waals surface area contributed by atoms with Gasteiger partial charge in [-0.3, -0.25) is 19.4 Å². The van der Waals surface area contributed by atoms with Crippen molar-refractivity contribution in [2.24, 2.45) is 7.05 Å². The Morgan fingerprint density at radius 1 is 1.15 bits per heavy atom. The van der Waals surface area contributed by atoms with Crippen molar-refractivity contribution in [1.29, 1.82) is 0 Å². The molecule has 0 saturated heterocycles. The van der Waals surface area contributed by atoms with Gasteiger partial charge in [0, 0.05) is 19.4 Å². The summed E-state index contributed by atoms with van der Waals surface area (Å²) >= 11 is 0. The van der Waals surface area contributed by atoms with E-state index in [2.05, 4.69) is 19.8 Å². The van der Waals surface area contributed by atoms with Crippen LogP contribution in [0.25, 0.3) is 11.4 Å². The van der Waals surface area contributed by atoms with E-state index in [0.717, 1.165) is 30.4 Å². The summed E-state index contributed by atoms with van der Waals surface area (Å²) in [5.74, 6) is 0.341. The van der Waals surface area contributed by atoms with Crippen molar-refractivity contribution >= 4 is 15.7 Å². The molecule has 0 fully saturated rings. The quantitative estimate of drug-likeness (QED) is 0.723. The molecule has 2 aromatic heterocycles. The molecule has 1 aromatic carbocycles. The number of benzene rings is 1. The SMILES string of the molecule is COc1cc2c(cc1S(=O)(=O)Nc1cnn(C)c1-c1cnccn1)CCC2. The topological polar surface area (TPSA) is 99.0 Å². The first-order valence-electron chi connectivity index (χ1n) is 8.50. The summed E-state index contributed by atoms with van der Waals surface area (Å²) in [7, 11) is -0.674. The predicted octanol–water partition coefficient (Wildman–Crippen LogP) is 2.18. The number of anilines is 1. The zero-order chi connectivity index (χ0) is 19.0. The third-order valence-corrected chi connectivity index (χ3v) is 6.04. The van der Waals surface area contributed by atoms with Crippen LogP contribution in [-0.2, 0) is 29.9 Å². The number of hydrogen-bond donors (Lipinski definition) is 1. The summed E-state index contributed by atoms with van der Waals surface area (Å²) in [5.41, 5.74) is 3.59. The first kappa shape index (κ1) is 17.5. The zero-order valence-corrected chi connectivity index (χ0v) is 15.8. The monoisotopic (exact) mass is 385 g/mol. The van der Waals surface area contributed by atoms with E-state index < -0.39 is 10.0 Å². The number of hydrogen-bond acceptors (Lipinski definition) is 6. The lowest BCUT2D eigenvalue weighted by Crippen LogP contribution is -2.15. The minimum absolute atomic E-state index is 0.125. The highest BCUT2D eigenvalue weighted by molar-refractivity contribution is 7.92. The molecular weight excluding hydrogens is 366 g/mol. The van der Waals surface area contributed by atoms with E-state index in [4.69, 9.17) is 4.74 Å². The maximum Gasteiger partial charge on any atom is 0.265 e. The average molecular weight is 385 g/mol. The molecule has 0 spiro atoms. The second-order valence-corrected chi connectivity index (χ2v) is 8.00. The van der Waals surface area contributed by atoms with Crippen molar-refractivity contribution in [2.75, 3.05) is 11.8 Å². The van der Waals surface area contributed by atoms with Crippen LogP contribution in [0.4, 0.5) is 5.69 Å². The molecular formula is C18H19N5O3S. The van der Waals surface area contributed by atoms with Gasteiger partial charge in [0.05, 0.1) is 25.2 Å². The molecule has 0 unspecified atom stereocenters. The third-order valence-electron chi connectivity index (χ3n) is 4.66. The molecule has 27 heavy (non-hydrogen) atoms. The Morgan fingerprint density at radius 2 is 1.93 bits per heavy atom. The van der Waals surface area contributed by atoms with Crippen LogP contribution in [0.15, 0.2) is 41.8 Å². The molecule has 1 aliphatic rings. The van der Waals surface area contributed by atoms with Crippen molar-refractivity contribution in [2.45, 2.75) is 24.2 Å². The van der Waals surface area contributed by atoms with Crippen molar-refractivity contribution in [1.82, 2.24) is 19.7 Å². The molecule has 0 atom stereocenters. The van der Waals surface area contributed by atoms with Crippen molar-refractivity contribution < 1.29 is 13.2 Å². The van der Waals surface area contributed by atoms with Crippen LogP contribution in [0.3, 0.4) is 0 Å². The number of nitrogens with one attached hydrogen (secondary N) is 1. The number of rotatable bonds is 5. The Hall–Kier alpha value is -2.94. The van der Waals surface area contributed by atoms with Crippen molar-refractivity contribution in [3.8, 4) is 17.1 Å². The van der Waals surface area contributed by atoms with E-state index in [1.165, 1.54) is 13.3 Å². The highest BCUT2D eigenvalue weighted by Gasteiger charge is 2.26. The summed E-state index contributed by atoms with van der Waals surface area (Å²) in [6, 6.07) is 3.53. The fourth-order valence-electron chi connectivity index (χ4n) is 3.39. The summed E-state index contributed by atoms with van der Waals surface area (Å²) in [6.45, 7) is 0. The van der Waals surface area contributed by atoms with Crippen LogP contribution in [0.2, 0.25) is 0 Å². The maximum atomic E-state index is 13.1. The summed E-state index contributed by atoms with van der Waals surface area (Å²) < 4.78 is 35.8. The Morgan fingerprint density at radius 3 is 2.63 bits per heavy atom. The second kappa shape index (κ2) is 6.66. The Bertz CT molecular complexity index is 1090. The van der Waals surface area contributed by atoms with Crippen LogP contribution >= 0.6 is 0 Å². The van der Waals surface area contributed by atoms with E-state index in [9.17, 15) is 8.42 Å². The van der Waals surface area contributed by atoms with E-state index in [1.807, 2.05) is 6.07 Å². The minimum Gasteiger partial charge on any atom is -0.495 e. The third kappa shape index (κ3) is 3.14. The average Bonchev–Trinajstić information content (AvgIpc) is 3.27. The van der Waals surface area contributed by atoms with E-state index in [0.29, 0.717) is 22.8 Å². The van der Waals surface area contributed by atoms with Crippen LogP contribution in [-0.4, -0.2) is 35.3 Å². The van der Waals surface area contributed by atoms with Gasteiger partial charge in [-0.05, 0) is 42.5 Å². The molecule has 4 rings (SSSR count). The van der Waals surface area contributed by atoms with Gasteiger partial charge in [0.1, 0.15) is 22.0 Å². The first-order valence-corrected chi connectivity index (χ1v) is 9.99. The standard InChI is InChI=1S/C18H19N5O3S/c1-23-18(14-10-19-6-7-20-14)15(11-21-23)22-27(24,25)17-9-13-5-3-4-12(13)8-16(17)26-2/h6-11,22H,3-5H2,1-2H3. The van der Waals surface area contributed by atoms with Gasteiger partial charge in [-0.15, -0.1) is 0 Å². The molecule has 1 N–H and O–H groups in total. The van der Waals surface area contributed by atoms with Gasteiger partial charge in [-0.25, -0.2) is 8.42 Å². The van der Waals surface area contributed by atoms with Gasteiger partial charge in [0.25, 0.3) is 10.0 Å². The maximum absolute atomic E-state index is 13.1. The number of nitrogens with zero attached hydrogens (tertiary/aromatic N) is 4. The highest BCUT2D eigenvalue weighted by Crippen LogP contribution is 2.34. The largest absolute Gasteiger partial charge is 0.495 e. The number of aromatic nitrogens is 4. The lowest BCUT2D eigenvalue weighted by atomic mass is 10.1. The van der Waals surface area contributed by atoms with Crippen LogP contribution in [0.1, 0.15) is 17.5 Å². The van der Waals surface area contributed by atoms with Gasteiger partial charge >= 0.3 is 0 Å². The fourth-order valence-corrected chi connectivity index (χ4v) is 4.64. The molecule has 9 heteroatoms. The van der Waals surface area contributed by atoms with Gasteiger partial charge < -0.3 is 4.74 Å². The fraction of sp³-hybridized carbons (Fsp3) is 0.278. The first-order chi connectivity index (χ1) is 13.0. The number of sulfonamides is 1. The van der Waals surface area contributed by atoms with Gasteiger partial charge in [0.2, 0.25) is 0 Å². The zero-order valence-electron chi connectivity index (χ0n) is 15.0. The lowest BCUT2D eigenvalue weighted by molar-refractivity contribution is 0.402. The van der Waals surface area contributed by atoms with Gasteiger partial charge in [0.15, 0.2) is 0 Å². The Labute approximate surface area is 157 Å². The van der Waals surface area contributed by atoms with Crippen LogP contribution in [0, 0.1) is 0 Å². The molecule has 0 radical (unpaired) electrons. The van der Waals surface area contributed by atoms with E-state index in [-0.39, 0.29) is 4.90 Å². The molecule has 2 heterocycles. The smallest absolute Gasteiger partial charge is 0.265 e. The molecule has 0 aliphatic heterocycles. The molecule has 3 aromatic rings. The number of methoxy groups -OCH3 is 1. The van der Waals surface area contributed by atoms with E-state index >= 15 is 0 Å². The molecule has 0 amide bonds. The van der Waals surface area contributed by atoms with Gasteiger partial charge in [-0.1, -0.05) is 0 Å². The van der Waals surface area contributed by atoms with Crippen molar-refractivity contribution in [3.05, 3.63) is 48.0 Å². The summed E-state index contributed by atoms with van der Waals surface area (Å²) in [4.78, 5) is 8.41. The lowest BCUT2D eigenvalue weighted by Gasteiger charge is -2.14. The molecule has 8 nitrogen and oxygen atoms in total. The Kier molecular flexibility index (Phi) is 4.31. The van der Waals surface area contributed by atoms with Crippen molar-refractivity contribution in [3.63, 3.8) is 0 Å². The summed E-state index contributed by atoms with van der Waals surface area (Å²) in [6.07, 6.45) is 8.96. The number of fused-ring (bicyclic) bond motifs is 1. The Balaban J connectivity index is 1.76. The van der Waals surface area contributed by atoms with Gasteiger partial charge in [-0.2, -0.15) is 5.10 Å². The summed E-state index contributed by atoms with van der Waals surface area (Å²) in [5, 5.41) is 4.16. The van der Waals surface area contributed by atoms with E-state index in [1.54, 1.807) is 36.4 Å². The number of ether oxygens (including phenoxy) is 1. The predicted molar refractivity (Wildman–Crippen MR) is 100 cm³/mol. The molecule has 140 valence electrons. The second-order valence-electron chi connectivity index (χ2n) is 6.35. The molecule has 0 bridgehead atoms. The highest BCUT2D eigenvalue weighted by atomic mass is 32.2. The molecule has 0 saturated carbocycles. The molecule has 1 aliphatic carbocycles. The number of aryl methyl sites for hydroxylation is 3. The minimum atomic E-state index is -3.87.